The van der Waals surface area contributed by atoms with Crippen molar-refractivity contribution in [2.45, 2.75) is 44.7 Å². The molecule has 0 saturated heterocycles. The maximum atomic E-state index is 12.5. The quantitative estimate of drug-likeness (QED) is 0.412. The lowest BCUT2D eigenvalue weighted by Gasteiger charge is -2.26. The zero-order valence-electron chi connectivity index (χ0n) is 13.8. The highest BCUT2D eigenvalue weighted by atomic mass is 19.4. The lowest BCUT2D eigenvalue weighted by atomic mass is 9.80. The Hall–Kier alpha value is -2.29. The Balaban J connectivity index is 1.79. The van der Waals surface area contributed by atoms with E-state index in [0.717, 1.165) is 50.7 Å². The van der Waals surface area contributed by atoms with Crippen LogP contribution in [0.15, 0.2) is 36.4 Å². The van der Waals surface area contributed by atoms with E-state index in [-0.39, 0.29) is 17.6 Å². The van der Waals surface area contributed by atoms with Crippen LogP contribution in [0.3, 0.4) is 0 Å². The highest BCUT2D eigenvalue weighted by Gasteiger charge is 2.31. The van der Waals surface area contributed by atoms with Gasteiger partial charge in [-0.2, -0.15) is 18.4 Å². The number of carbonyl (C=O) groups excluding carboxylic acids is 1. The van der Waals surface area contributed by atoms with E-state index in [4.69, 9.17) is 10.00 Å². The molecule has 1 saturated carbocycles. The molecular weight excluding hydrogens is 331 g/mol. The van der Waals surface area contributed by atoms with Crippen molar-refractivity contribution in [2.75, 3.05) is 0 Å². The van der Waals surface area contributed by atoms with Gasteiger partial charge in [0, 0.05) is 6.08 Å². The predicted octanol–water partition coefficient (Wildman–Crippen LogP) is 5.28. The van der Waals surface area contributed by atoms with Crippen LogP contribution in [0.4, 0.5) is 13.2 Å². The molecule has 0 atom stereocenters. The molecule has 25 heavy (non-hydrogen) atoms. The van der Waals surface area contributed by atoms with Crippen molar-refractivity contribution >= 4 is 5.97 Å². The molecule has 134 valence electrons. The van der Waals surface area contributed by atoms with Gasteiger partial charge < -0.3 is 4.74 Å². The molecule has 0 radical (unpaired) electrons. The van der Waals surface area contributed by atoms with Crippen molar-refractivity contribution in [1.82, 2.24) is 0 Å². The van der Waals surface area contributed by atoms with E-state index in [0.29, 0.717) is 5.92 Å². The summed E-state index contributed by atoms with van der Waals surface area (Å²) in [6.07, 6.45) is 4.09. The summed E-state index contributed by atoms with van der Waals surface area (Å²) in [7, 11) is 0. The summed E-state index contributed by atoms with van der Waals surface area (Å²) in [5.74, 6) is 0.107. The number of hydrogen-bond acceptors (Lipinski definition) is 3. The number of carbonyl (C=O) groups is 1. The third kappa shape index (κ3) is 5.93. The summed E-state index contributed by atoms with van der Waals surface area (Å²) in [5, 5.41) is 8.43. The lowest BCUT2D eigenvalue weighted by Crippen LogP contribution is -2.25. The van der Waals surface area contributed by atoms with Crippen LogP contribution in [0, 0.1) is 23.2 Å². The second kappa shape index (κ2) is 8.70. The van der Waals surface area contributed by atoms with Crippen LogP contribution >= 0.6 is 0 Å². The van der Waals surface area contributed by atoms with Gasteiger partial charge >= 0.3 is 12.1 Å². The average Bonchev–Trinajstić information content (AvgIpc) is 2.59. The molecule has 0 bridgehead atoms. The number of rotatable bonds is 5. The number of benzene rings is 1. The van der Waals surface area contributed by atoms with Gasteiger partial charge in [-0.3, -0.25) is 4.79 Å². The molecule has 1 fully saturated rings. The maximum absolute atomic E-state index is 12.5. The van der Waals surface area contributed by atoms with Gasteiger partial charge in [0.2, 0.25) is 0 Å². The number of allylic oxidation sites excluding steroid dienone is 2. The Labute approximate surface area is 145 Å². The van der Waals surface area contributed by atoms with Gasteiger partial charge in [-0.1, -0.05) is 6.08 Å². The predicted molar refractivity (Wildman–Crippen MR) is 86.5 cm³/mol. The first-order chi connectivity index (χ1) is 11.9. The van der Waals surface area contributed by atoms with Gasteiger partial charge in [0.15, 0.2) is 0 Å². The second-order valence-corrected chi connectivity index (χ2v) is 6.27. The molecule has 1 aromatic rings. The third-order valence-electron chi connectivity index (χ3n) is 4.51. The smallest absolute Gasteiger partial charge is 0.416 e. The highest BCUT2D eigenvalue weighted by Crippen LogP contribution is 2.33. The van der Waals surface area contributed by atoms with Gasteiger partial charge in [0.05, 0.1) is 17.6 Å². The Kier molecular flexibility index (Phi) is 6.63. The van der Waals surface area contributed by atoms with Crippen LogP contribution in [0.1, 0.15) is 44.1 Å². The van der Waals surface area contributed by atoms with Gasteiger partial charge in [-0.05, 0) is 68.7 Å². The van der Waals surface area contributed by atoms with Crippen LogP contribution in [-0.4, -0.2) is 5.97 Å². The van der Waals surface area contributed by atoms with Crippen molar-refractivity contribution in [1.29, 1.82) is 5.26 Å². The molecule has 1 aliphatic carbocycles. The van der Waals surface area contributed by atoms with Crippen molar-refractivity contribution in [2.24, 2.45) is 11.8 Å². The fourth-order valence-electron chi connectivity index (χ4n) is 3.07. The standard InChI is InChI=1S/C19H20F3NO2/c20-19(21,22)16-9-11-17(12-10-16)25-18(24)15-7-5-14(6-8-15)4-2-1-3-13-23/h1,3,9-12,14-15H,2,4-8H2/b3-1+. The average molecular weight is 351 g/mol. The summed E-state index contributed by atoms with van der Waals surface area (Å²) < 4.78 is 42.8. The monoisotopic (exact) mass is 351 g/mol. The fraction of sp³-hybridized carbons (Fsp3) is 0.474. The van der Waals surface area contributed by atoms with E-state index in [1.165, 1.54) is 18.2 Å². The number of nitrogens with zero attached hydrogens (tertiary/aromatic N) is 1. The lowest BCUT2D eigenvalue weighted by molar-refractivity contribution is -0.140. The number of hydrogen-bond donors (Lipinski definition) is 0. The van der Waals surface area contributed by atoms with Crippen LogP contribution in [0.25, 0.3) is 0 Å². The first-order valence-electron chi connectivity index (χ1n) is 8.33. The molecule has 2 rings (SSSR count). The molecule has 1 aromatic carbocycles. The maximum Gasteiger partial charge on any atom is 0.416 e. The van der Waals surface area contributed by atoms with E-state index in [2.05, 4.69) is 0 Å². The summed E-state index contributed by atoms with van der Waals surface area (Å²) in [6, 6.07) is 6.13. The molecule has 0 unspecified atom stereocenters. The largest absolute Gasteiger partial charge is 0.426 e. The minimum absolute atomic E-state index is 0.141. The third-order valence-corrected chi connectivity index (χ3v) is 4.51. The molecule has 6 heteroatoms. The van der Waals surface area contributed by atoms with E-state index in [9.17, 15) is 18.0 Å². The molecule has 0 amide bonds. The van der Waals surface area contributed by atoms with E-state index in [1.807, 2.05) is 12.1 Å². The van der Waals surface area contributed by atoms with Crippen LogP contribution in [-0.2, 0) is 11.0 Å². The Bertz CT molecular complexity index is 636. The highest BCUT2D eigenvalue weighted by molar-refractivity contribution is 5.75. The SMILES string of the molecule is N#C/C=C/CCC1CCC(C(=O)Oc2ccc(C(F)(F)F)cc2)CC1. The number of halogens is 3. The molecule has 0 spiro atoms. The van der Waals surface area contributed by atoms with Crippen LogP contribution in [0.5, 0.6) is 5.75 Å². The van der Waals surface area contributed by atoms with Gasteiger partial charge in [0.1, 0.15) is 5.75 Å². The Morgan fingerprint density at radius 3 is 2.40 bits per heavy atom. The minimum atomic E-state index is -4.40. The van der Waals surface area contributed by atoms with Crippen LogP contribution in [0.2, 0.25) is 0 Å². The van der Waals surface area contributed by atoms with Crippen molar-refractivity contribution in [3.8, 4) is 11.8 Å². The summed E-state index contributed by atoms with van der Waals surface area (Å²) >= 11 is 0. The fourth-order valence-corrected chi connectivity index (χ4v) is 3.07. The zero-order valence-corrected chi connectivity index (χ0v) is 13.8. The molecule has 0 aromatic heterocycles. The summed E-state index contributed by atoms with van der Waals surface area (Å²) in [5.41, 5.74) is -0.766. The summed E-state index contributed by atoms with van der Waals surface area (Å²) in [6.45, 7) is 0. The van der Waals surface area contributed by atoms with Gasteiger partial charge in [-0.15, -0.1) is 0 Å². The molecule has 0 N–H and O–H groups in total. The number of nitriles is 1. The van der Waals surface area contributed by atoms with E-state index < -0.39 is 11.7 Å². The van der Waals surface area contributed by atoms with Gasteiger partial charge in [0.25, 0.3) is 0 Å². The number of esters is 1. The topological polar surface area (TPSA) is 50.1 Å². The first-order valence-corrected chi connectivity index (χ1v) is 8.33. The second-order valence-electron chi connectivity index (χ2n) is 6.27. The van der Waals surface area contributed by atoms with Crippen molar-refractivity contribution in [3.05, 3.63) is 42.0 Å². The van der Waals surface area contributed by atoms with E-state index >= 15 is 0 Å². The molecular formula is C19H20F3NO2. The van der Waals surface area contributed by atoms with E-state index in [1.54, 1.807) is 0 Å². The van der Waals surface area contributed by atoms with Gasteiger partial charge in [-0.25, -0.2) is 0 Å². The van der Waals surface area contributed by atoms with Crippen molar-refractivity contribution in [3.63, 3.8) is 0 Å². The zero-order chi connectivity index (χ0) is 18.3. The van der Waals surface area contributed by atoms with Crippen LogP contribution < -0.4 is 4.74 Å². The Morgan fingerprint density at radius 2 is 1.84 bits per heavy atom. The molecule has 1 aliphatic rings. The Morgan fingerprint density at radius 1 is 1.20 bits per heavy atom. The number of ether oxygens (including phenoxy) is 1. The molecule has 0 aliphatic heterocycles. The number of alkyl halides is 3. The molecule has 0 heterocycles. The minimum Gasteiger partial charge on any atom is -0.426 e. The first kappa shape index (κ1) is 19.0. The molecule has 3 nitrogen and oxygen atoms in total. The van der Waals surface area contributed by atoms with Crippen molar-refractivity contribution < 1.29 is 22.7 Å². The normalized spacial score (nSPS) is 21.0. The summed E-state index contributed by atoms with van der Waals surface area (Å²) in [4.78, 5) is 12.2.